The highest BCUT2D eigenvalue weighted by molar-refractivity contribution is 7.11. The van der Waals surface area contributed by atoms with E-state index < -0.39 is 0 Å². The summed E-state index contributed by atoms with van der Waals surface area (Å²) < 4.78 is 5.13. The van der Waals surface area contributed by atoms with Crippen LogP contribution in [0.15, 0.2) is 10.7 Å². The summed E-state index contributed by atoms with van der Waals surface area (Å²) in [5, 5.41) is 10.7. The second kappa shape index (κ2) is 8.10. The van der Waals surface area contributed by atoms with Crippen LogP contribution >= 0.6 is 11.3 Å². The lowest BCUT2D eigenvalue weighted by molar-refractivity contribution is 0.238. The molecule has 2 rings (SSSR count). The molecule has 0 bridgehead atoms. The highest BCUT2D eigenvalue weighted by Crippen LogP contribution is 2.20. The molecular formula is C16H24N4O2S. The van der Waals surface area contributed by atoms with Crippen molar-refractivity contribution in [2.24, 2.45) is 0 Å². The lowest BCUT2D eigenvalue weighted by atomic mass is 10.1. The van der Waals surface area contributed by atoms with Gasteiger partial charge in [0.25, 0.3) is 0 Å². The monoisotopic (exact) mass is 336 g/mol. The molecule has 2 N–H and O–H groups in total. The first-order valence-electron chi connectivity index (χ1n) is 7.92. The van der Waals surface area contributed by atoms with Crippen molar-refractivity contribution in [3.8, 4) is 0 Å². The number of hydrogen-bond donors (Lipinski definition) is 2. The third kappa shape index (κ3) is 4.79. The molecule has 0 fully saturated rings. The molecular weight excluding hydrogens is 312 g/mol. The number of rotatable bonds is 7. The van der Waals surface area contributed by atoms with Crippen molar-refractivity contribution in [2.75, 3.05) is 6.54 Å². The zero-order valence-electron chi connectivity index (χ0n) is 14.1. The molecule has 126 valence electrons. The summed E-state index contributed by atoms with van der Waals surface area (Å²) in [6, 6.07) is -0.243. The SMILES string of the molecule is CCc1cnc([C@@H](C)NC(=O)NCCCc2c(C)noc2C)s1. The highest BCUT2D eigenvalue weighted by Gasteiger charge is 2.13. The number of amides is 2. The van der Waals surface area contributed by atoms with Crippen LogP contribution in [-0.4, -0.2) is 22.7 Å². The van der Waals surface area contributed by atoms with Crippen molar-refractivity contribution in [3.63, 3.8) is 0 Å². The van der Waals surface area contributed by atoms with Crippen LogP contribution in [0, 0.1) is 13.8 Å². The van der Waals surface area contributed by atoms with Crippen LogP contribution in [0.3, 0.4) is 0 Å². The number of carbonyl (C=O) groups excluding carboxylic acids is 1. The van der Waals surface area contributed by atoms with Crippen LogP contribution in [0.2, 0.25) is 0 Å². The number of aromatic nitrogens is 2. The van der Waals surface area contributed by atoms with Gasteiger partial charge in [-0.25, -0.2) is 9.78 Å². The number of thiazole rings is 1. The second-order valence-corrected chi connectivity index (χ2v) is 6.69. The Morgan fingerprint density at radius 3 is 2.83 bits per heavy atom. The van der Waals surface area contributed by atoms with Gasteiger partial charge in [0, 0.05) is 23.2 Å². The fourth-order valence-electron chi connectivity index (χ4n) is 2.32. The van der Waals surface area contributed by atoms with Crippen LogP contribution in [0.5, 0.6) is 0 Å². The third-order valence-electron chi connectivity index (χ3n) is 3.71. The first kappa shape index (κ1) is 17.5. The minimum absolute atomic E-state index is 0.0807. The zero-order chi connectivity index (χ0) is 16.8. The Morgan fingerprint density at radius 1 is 1.43 bits per heavy atom. The smallest absolute Gasteiger partial charge is 0.315 e. The molecule has 2 aromatic heterocycles. The van der Waals surface area contributed by atoms with Gasteiger partial charge in [-0.05, 0) is 40.0 Å². The Labute approximate surface area is 140 Å². The maximum absolute atomic E-state index is 11.9. The van der Waals surface area contributed by atoms with Gasteiger partial charge in [0.2, 0.25) is 0 Å². The number of urea groups is 1. The topological polar surface area (TPSA) is 80.0 Å². The average molecular weight is 336 g/mol. The van der Waals surface area contributed by atoms with E-state index in [1.54, 1.807) is 11.3 Å². The minimum Gasteiger partial charge on any atom is -0.361 e. The predicted molar refractivity (Wildman–Crippen MR) is 90.7 cm³/mol. The molecule has 0 unspecified atom stereocenters. The van der Waals surface area contributed by atoms with Crippen molar-refractivity contribution in [2.45, 2.75) is 53.0 Å². The van der Waals surface area contributed by atoms with Gasteiger partial charge in [0.1, 0.15) is 10.8 Å². The van der Waals surface area contributed by atoms with Crippen molar-refractivity contribution >= 4 is 17.4 Å². The first-order valence-corrected chi connectivity index (χ1v) is 8.73. The Bertz CT molecular complexity index is 631. The van der Waals surface area contributed by atoms with Crippen LogP contribution in [0.4, 0.5) is 4.79 Å². The number of nitrogens with one attached hydrogen (secondary N) is 2. The van der Waals surface area contributed by atoms with Crippen LogP contribution in [-0.2, 0) is 12.8 Å². The van der Waals surface area contributed by atoms with Crippen LogP contribution in [0.1, 0.15) is 53.2 Å². The molecule has 0 radical (unpaired) electrons. The Kier molecular flexibility index (Phi) is 6.15. The van der Waals surface area contributed by atoms with Gasteiger partial charge in [0.05, 0.1) is 11.7 Å². The normalized spacial score (nSPS) is 12.2. The summed E-state index contributed by atoms with van der Waals surface area (Å²) in [6.45, 7) is 8.51. The van der Waals surface area contributed by atoms with Gasteiger partial charge in [-0.15, -0.1) is 11.3 Å². The fraction of sp³-hybridized carbons (Fsp3) is 0.562. The van der Waals surface area contributed by atoms with Gasteiger partial charge in [-0.3, -0.25) is 0 Å². The Morgan fingerprint density at radius 2 is 2.22 bits per heavy atom. The molecule has 0 saturated carbocycles. The summed E-state index contributed by atoms with van der Waals surface area (Å²) in [5.74, 6) is 0.857. The molecule has 0 aliphatic heterocycles. The molecule has 0 saturated heterocycles. The van der Waals surface area contributed by atoms with Gasteiger partial charge in [0.15, 0.2) is 0 Å². The third-order valence-corrected chi connectivity index (χ3v) is 5.03. The minimum atomic E-state index is -0.162. The molecule has 7 heteroatoms. The number of aryl methyl sites for hydroxylation is 3. The van der Waals surface area contributed by atoms with E-state index in [0.29, 0.717) is 6.54 Å². The number of nitrogens with zero attached hydrogens (tertiary/aromatic N) is 2. The summed E-state index contributed by atoms with van der Waals surface area (Å²) in [5.41, 5.74) is 2.06. The second-order valence-electron chi connectivity index (χ2n) is 5.55. The van der Waals surface area contributed by atoms with Gasteiger partial charge >= 0.3 is 6.03 Å². The molecule has 1 atom stereocenters. The van der Waals surface area contributed by atoms with E-state index in [1.807, 2.05) is 27.0 Å². The number of carbonyl (C=O) groups is 1. The summed E-state index contributed by atoms with van der Waals surface area (Å²) in [4.78, 5) is 17.5. The van der Waals surface area contributed by atoms with E-state index >= 15 is 0 Å². The molecule has 0 spiro atoms. The highest BCUT2D eigenvalue weighted by atomic mass is 32.1. The van der Waals surface area contributed by atoms with Crippen LogP contribution < -0.4 is 10.6 Å². The Balaban J connectivity index is 1.70. The first-order chi connectivity index (χ1) is 11.0. The Hall–Kier alpha value is -1.89. The molecule has 2 heterocycles. The van der Waals surface area contributed by atoms with Gasteiger partial charge in [-0.1, -0.05) is 12.1 Å². The van der Waals surface area contributed by atoms with Crippen molar-refractivity contribution in [1.29, 1.82) is 0 Å². The summed E-state index contributed by atoms with van der Waals surface area (Å²) in [7, 11) is 0. The van der Waals surface area contributed by atoms with E-state index in [4.69, 9.17) is 4.52 Å². The maximum atomic E-state index is 11.9. The molecule has 23 heavy (non-hydrogen) atoms. The van der Waals surface area contributed by atoms with Gasteiger partial charge < -0.3 is 15.2 Å². The maximum Gasteiger partial charge on any atom is 0.315 e. The van der Waals surface area contributed by atoms with E-state index in [9.17, 15) is 4.79 Å². The predicted octanol–water partition coefficient (Wildman–Crippen LogP) is 3.30. The molecule has 0 aliphatic rings. The molecule has 2 amide bonds. The van der Waals surface area contributed by atoms with Crippen molar-refractivity contribution in [1.82, 2.24) is 20.8 Å². The van der Waals surface area contributed by atoms with Crippen molar-refractivity contribution in [3.05, 3.63) is 33.1 Å². The molecule has 6 nitrogen and oxygen atoms in total. The van der Waals surface area contributed by atoms with Crippen LogP contribution in [0.25, 0.3) is 0 Å². The van der Waals surface area contributed by atoms with Crippen molar-refractivity contribution < 1.29 is 9.32 Å². The van der Waals surface area contributed by atoms with E-state index in [-0.39, 0.29) is 12.1 Å². The van der Waals surface area contributed by atoms with E-state index in [1.165, 1.54) is 4.88 Å². The zero-order valence-corrected chi connectivity index (χ0v) is 14.9. The molecule has 0 aromatic carbocycles. The average Bonchev–Trinajstić information content (AvgIpc) is 3.12. The van der Waals surface area contributed by atoms with Gasteiger partial charge in [-0.2, -0.15) is 0 Å². The molecule has 0 aliphatic carbocycles. The lowest BCUT2D eigenvalue weighted by Gasteiger charge is -2.12. The standard InChI is InChI=1S/C16H24N4O2S/c1-5-13-9-18-15(23-13)11(3)19-16(21)17-8-6-7-14-10(2)20-22-12(14)4/h9,11H,5-8H2,1-4H3,(H2,17,19,21)/t11-/m1/s1. The number of hydrogen-bond acceptors (Lipinski definition) is 5. The lowest BCUT2D eigenvalue weighted by Crippen LogP contribution is -2.37. The van der Waals surface area contributed by atoms with E-state index in [2.05, 4.69) is 27.7 Å². The summed E-state index contributed by atoms with van der Waals surface area (Å²) in [6.07, 6.45) is 4.54. The van der Waals surface area contributed by atoms with E-state index in [0.717, 1.165) is 41.3 Å². The largest absolute Gasteiger partial charge is 0.361 e. The quantitative estimate of drug-likeness (QED) is 0.760. The fourth-order valence-corrected chi connectivity index (χ4v) is 3.18. The molecule has 2 aromatic rings. The summed E-state index contributed by atoms with van der Waals surface area (Å²) >= 11 is 1.64.